The second-order valence-electron chi connectivity index (χ2n) is 6.78. The van der Waals surface area contributed by atoms with E-state index in [9.17, 15) is 4.79 Å². The summed E-state index contributed by atoms with van der Waals surface area (Å²) in [5.74, 6) is -0.0809. The summed E-state index contributed by atoms with van der Waals surface area (Å²) >= 11 is 0. The number of nitrogens with zero attached hydrogens (tertiary/aromatic N) is 1. The molecule has 1 amide bonds. The quantitative estimate of drug-likeness (QED) is 0.522. The molecule has 138 valence electrons. The van der Waals surface area contributed by atoms with E-state index < -0.39 is 0 Å². The number of aromatic amines is 1. The summed E-state index contributed by atoms with van der Waals surface area (Å²) in [5.41, 5.74) is 6.80. The summed E-state index contributed by atoms with van der Waals surface area (Å²) in [6.45, 7) is 2.56. The van der Waals surface area contributed by atoms with Gasteiger partial charge in [-0.3, -0.25) is 9.89 Å². The first-order chi connectivity index (χ1) is 13.7. The molecule has 0 atom stereocenters. The second kappa shape index (κ2) is 7.92. The van der Waals surface area contributed by atoms with Crippen LogP contribution in [0.5, 0.6) is 0 Å². The SMILES string of the molecule is Cc1cccc(CNC(=O)c2ccc(-c3cc(-c4ccccc4)n[nH]3)cc2)c1. The lowest BCUT2D eigenvalue weighted by molar-refractivity contribution is 0.0951. The summed E-state index contributed by atoms with van der Waals surface area (Å²) in [6.07, 6.45) is 0. The molecule has 0 aliphatic rings. The molecule has 0 radical (unpaired) electrons. The minimum Gasteiger partial charge on any atom is -0.348 e. The summed E-state index contributed by atoms with van der Waals surface area (Å²) < 4.78 is 0. The fraction of sp³-hybridized carbons (Fsp3) is 0.0833. The van der Waals surface area contributed by atoms with Crippen molar-refractivity contribution in [1.82, 2.24) is 15.5 Å². The van der Waals surface area contributed by atoms with E-state index in [1.54, 1.807) is 0 Å². The molecule has 0 saturated heterocycles. The predicted molar refractivity (Wildman–Crippen MR) is 112 cm³/mol. The van der Waals surface area contributed by atoms with Crippen LogP contribution in [0.25, 0.3) is 22.5 Å². The molecular formula is C24H21N3O. The highest BCUT2D eigenvalue weighted by Crippen LogP contribution is 2.23. The molecule has 0 unspecified atom stereocenters. The maximum atomic E-state index is 12.4. The van der Waals surface area contributed by atoms with Crippen molar-refractivity contribution in [2.45, 2.75) is 13.5 Å². The summed E-state index contributed by atoms with van der Waals surface area (Å²) in [6, 6.07) is 27.7. The van der Waals surface area contributed by atoms with Crippen LogP contribution < -0.4 is 5.32 Å². The van der Waals surface area contributed by atoms with Gasteiger partial charge in [-0.25, -0.2) is 0 Å². The Bertz CT molecular complexity index is 1080. The van der Waals surface area contributed by atoms with E-state index in [1.807, 2.05) is 85.8 Å². The molecule has 4 aromatic rings. The molecule has 4 rings (SSSR count). The summed E-state index contributed by atoms with van der Waals surface area (Å²) in [7, 11) is 0. The van der Waals surface area contributed by atoms with Crippen molar-refractivity contribution in [3.8, 4) is 22.5 Å². The van der Waals surface area contributed by atoms with Crippen molar-refractivity contribution in [1.29, 1.82) is 0 Å². The summed E-state index contributed by atoms with van der Waals surface area (Å²) in [5, 5.41) is 10.4. The molecule has 2 N–H and O–H groups in total. The molecule has 4 nitrogen and oxygen atoms in total. The maximum absolute atomic E-state index is 12.4. The van der Waals surface area contributed by atoms with Gasteiger partial charge in [-0.2, -0.15) is 5.10 Å². The zero-order valence-electron chi connectivity index (χ0n) is 15.6. The molecule has 3 aromatic carbocycles. The molecule has 0 fully saturated rings. The zero-order chi connectivity index (χ0) is 19.3. The van der Waals surface area contributed by atoms with E-state index in [1.165, 1.54) is 5.56 Å². The van der Waals surface area contributed by atoms with Crippen LogP contribution in [0.15, 0.2) is 84.9 Å². The molecule has 0 aliphatic carbocycles. The normalized spacial score (nSPS) is 10.6. The number of H-pyrrole nitrogens is 1. The van der Waals surface area contributed by atoms with Crippen molar-refractivity contribution in [3.05, 3.63) is 102 Å². The number of carbonyl (C=O) groups is 1. The molecule has 0 bridgehead atoms. The number of carbonyl (C=O) groups excluding carboxylic acids is 1. The number of nitrogens with one attached hydrogen (secondary N) is 2. The molecule has 1 heterocycles. The zero-order valence-corrected chi connectivity index (χ0v) is 15.6. The minimum absolute atomic E-state index is 0.0809. The Morgan fingerprint density at radius 3 is 2.43 bits per heavy atom. The van der Waals surface area contributed by atoms with Crippen molar-refractivity contribution in [2.24, 2.45) is 0 Å². The first kappa shape index (κ1) is 17.7. The van der Waals surface area contributed by atoms with Crippen LogP contribution >= 0.6 is 0 Å². The van der Waals surface area contributed by atoms with Crippen LogP contribution in [0.4, 0.5) is 0 Å². The Kier molecular flexibility index (Phi) is 5.02. The van der Waals surface area contributed by atoms with Crippen molar-refractivity contribution in [3.63, 3.8) is 0 Å². The highest BCUT2D eigenvalue weighted by atomic mass is 16.1. The number of aromatic nitrogens is 2. The third kappa shape index (κ3) is 4.01. The van der Waals surface area contributed by atoms with Crippen LogP contribution in [0.1, 0.15) is 21.5 Å². The smallest absolute Gasteiger partial charge is 0.251 e. The topological polar surface area (TPSA) is 57.8 Å². The van der Waals surface area contributed by atoms with Crippen LogP contribution in [0, 0.1) is 6.92 Å². The van der Waals surface area contributed by atoms with E-state index in [2.05, 4.69) is 21.6 Å². The van der Waals surface area contributed by atoms with Gasteiger partial charge >= 0.3 is 0 Å². The molecule has 0 spiro atoms. The van der Waals surface area contributed by atoms with E-state index in [4.69, 9.17) is 0 Å². The molecule has 1 aromatic heterocycles. The van der Waals surface area contributed by atoms with E-state index in [0.29, 0.717) is 12.1 Å². The maximum Gasteiger partial charge on any atom is 0.251 e. The fourth-order valence-corrected chi connectivity index (χ4v) is 3.13. The van der Waals surface area contributed by atoms with Crippen molar-refractivity contribution in [2.75, 3.05) is 0 Å². The van der Waals surface area contributed by atoms with Gasteiger partial charge in [0.15, 0.2) is 0 Å². The third-order valence-electron chi connectivity index (χ3n) is 4.64. The van der Waals surface area contributed by atoms with Crippen LogP contribution in [0.3, 0.4) is 0 Å². The Morgan fingerprint density at radius 1 is 0.893 bits per heavy atom. The Hall–Kier alpha value is -3.66. The number of aryl methyl sites for hydroxylation is 1. The van der Waals surface area contributed by atoms with Gasteiger partial charge in [-0.1, -0.05) is 72.3 Å². The van der Waals surface area contributed by atoms with Gasteiger partial charge < -0.3 is 5.32 Å². The number of rotatable bonds is 5. The van der Waals surface area contributed by atoms with Crippen LogP contribution in [-0.2, 0) is 6.54 Å². The third-order valence-corrected chi connectivity index (χ3v) is 4.64. The monoisotopic (exact) mass is 367 g/mol. The van der Waals surface area contributed by atoms with Crippen molar-refractivity contribution >= 4 is 5.91 Å². The molecule has 0 saturated carbocycles. The minimum atomic E-state index is -0.0809. The largest absolute Gasteiger partial charge is 0.348 e. The highest BCUT2D eigenvalue weighted by molar-refractivity contribution is 5.94. The summed E-state index contributed by atoms with van der Waals surface area (Å²) in [4.78, 5) is 12.4. The first-order valence-corrected chi connectivity index (χ1v) is 9.24. The number of hydrogen-bond donors (Lipinski definition) is 2. The van der Waals surface area contributed by atoms with E-state index >= 15 is 0 Å². The average molecular weight is 367 g/mol. The van der Waals surface area contributed by atoms with Gasteiger partial charge in [0.05, 0.1) is 11.4 Å². The van der Waals surface area contributed by atoms with Crippen LogP contribution in [0.2, 0.25) is 0 Å². The van der Waals surface area contributed by atoms with E-state index in [0.717, 1.165) is 28.1 Å². The average Bonchev–Trinajstić information content (AvgIpc) is 3.23. The number of amides is 1. The van der Waals surface area contributed by atoms with Gasteiger partial charge in [-0.15, -0.1) is 0 Å². The lowest BCUT2D eigenvalue weighted by Crippen LogP contribution is -2.22. The van der Waals surface area contributed by atoms with Gasteiger partial charge in [0.1, 0.15) is 0 Å². The number of benzene rings is 3. The van der Waals surface area contributed by atoms with E-state index in [-0.39, 0.29) is 5.91 Å². The lowest BCUT2D eigenvalue weighted by Gasteiger charge is -2.07. The standard InChI is InChI=1S/C24H21N3O/c1-17-6-5-7-18(14-17)16-25-24(28)21-12-10-20(11-13-21)23-15-22(26-27-23)19-8-3-2-4-9-19/h2-15H,16H2,1H3,(H,25,28)(H,26,27). The van der Waals surface area contributed by atoms with Crippen LogP contribution in [-0.4, -0.2) is 16.1 Å². The molecule has 28 heavy (non-hydrogen) atoms. The Balaban J connectivity index is 1.44. The molecule has 4 heteroatoms. The van der Waals surface area contributed by atoms with Gasteiger partial charge in [0.25, 0.3) is 5.91 Å². The lowest BCUT2D eigenvalue weighted by atomic mass is 10.1. The van der Waals surface area contributed by atoms with Gasteiger partial charge in [0.2, 0.25) is 0 Å². The fourth-order valence-electron chi connectivity index (χ4n) is 3.13. The second-order valence-corrected chi connectivity index (χ2v) is 6.78. The number of hydrogen-bond acceptors (Lipinski definition) is 2. The first-order valence-electron chi connectivity index (χ1n) is 9.24. The van der Waals surface area contributed by atoms with Gasteiger partial charge in [0, 0.05) is 17.7 Å². The highest BCUT2D eigenvalue weighted by Gasteiger charge is 2.08. The Morgan fingerprint density at radius 2 is 1.68 bits per heavy atom. The molecule has 0 aliphatic heterocycles. The molecular weight excluding hydrogens is 346 g/mol. The Labute approximate surface area is 164 Å². The van der Waals surface area contributed by atoms with Gasteiger partial charge in [-0.05, 0) is 36.2 Å². The van der Waals surface area contributed by atoms with Crippen molar-refractivity contribution < 1.29 is 4.79 Å². The predicted octanol–water partition coefficient (Wildman–Crippen LogP) is 4.98.